The molecule has 0 aliphatic heterocycles. The van der Waals surface area contributed by atoms with Crippen molar-refractivity contribution < 1.29 is 4.74 Å². The summed E-state index contributed by atoms with van der Waals surface area (Å²) in [5, 5.41) is 3.02. The van der Waals surface area contributed by atoms with E-state index in [4.69, 9.17) is 10.6 Å². The first-order chi connectivity index (χ1) is 7.65. The number of hydrogen-bond acceptors (Lipinski definition) is 3. The van der Waals surface area contributed by atoms with E-state index in [1.165, 1.54) is 0 Å². The van der Waals surface area contributed by atoms with Gasteiger partial charge in [-0.3, -0.25) is 10.4 Å². The van der Waals surface area contributed by atoms with Gasteiger partial charge in [-0.2, -0.15) is 0 Å². The fraction of sp³-hybridized carbons (Fsp3) is 0.364. The van der Waals surface area contributed by atoms with E-state index >= 15 is 0 Å². The zero-order chi connectivity index (χ0) is 12.0. The van der Waals surface area contributed by atoms with Gasteiger partial charge in [0.1, 0.15) is 5.75 Å². The average molecular weight is 222 g/mol. The normalized spacial score (nSPS) is 11.4. The molecule has 0 radical (unpaired) electrons. The number of nitrogens with two attached hydrogens (primary N) is 1. The summed E-state index contributed by atoms with van der Waals surface area (Å²) in [6, 6.07) is 7.60. The van der Waals surface area contributed by atoms with Crippen molar-refractivity contribution in [3.05, 3.63) is 24.3 Å². The molecule has 1 rings (SSSR count). The number of benzene rings is 1. The van der Waals surface area contributed by atoms with Gasteiger partial charge >= 0.3 is 0 Å². The minimum absolute atomic E-state index is 0.178. The molecule has 0 spiro atoms. The molecule has 1 aromatic carbocycles. The first-order valence-corrected chi connectivity index (χ1v) is 5.13. The van der Waals surface area contributed by atoms with Crippen LogP contribution in [0.5, 0.6) is 5.75 Å². The summed E-state index contributed by atoms with van der Waals surface area (Å²) in [6.07, 6.45) is 0.178. The van der Waals surface area contributed by atoms with Crippen LogP contribution < -0.4 is 21.3 Å². The summed E-state index contributed by atoms with van der Waals surface area (Å²) < 4.78 is 5.53. The summed E-state index contributed by atoms with van der Waals surface area (Å²) in [7, 11) is 1.65. The highest BCUT2D eigenvalue weighted by Gasteiger charge is 1.99. The number of rotatable bonds is 3. The van der Waals surface area contributed by atoms with Gasteiger partial charge in [0.2, 0.25) is 5.96 Å². The van der Waals surface area contributed by atoms with E-state index in [1.807, 2.05) is 38.1 Å². The Morgan fingerprint density at radius 2 is 1.94 bits per heavy atom. The molecule has 0 aliphatic rings. The first-order valence-electron chi connectivity index (χ1n) is 5.13. The summed E-state index contributed by atoms with van der Waals surface area (Å²) >= 11 is 0. The largest absolute Gasteiger partial charge is 0.491 e. The topological polar surface area (TPSA) is 71.7 Å². The van der Waals surface area contributed by atoms with Crippen molar-refractivity contribution in [2.75, 3.05) is 12.4 Å². The van der Waals surface area contributed by atoms with Crippen molar-refractivity contribution in [3.63, 3.8) is 0 Å². The van der Waals surface area contributed by atoms with Crippen LogP contribution in [-0.2, 0) is 0 Å². The smallest absolute Gasteiger partial charge is 0.209 e. The van der Waals surface area contributed by atoms with Crippen molar-refractivity contribution >= 4 is 11.6 Å². The Morgan fingerprint density at radius 3 is 2.38 bits per heavy atom. The van der Waals surface area contributed by atoms with Crippen molar-refractivity contribution in [2.45, 2.75) is 20.0 Å². The predicted octanol–water partition coefficient (Wildman–Crippen LogP) is 1.33. The van der Waals surface area contributed by atoms with Gasteiger partial charge in [-0.1, -0.05) is 0 Å². The minimum atomic E-state index is 0.178. The molecule has 0 unspecified atom stereocenters. The molecule has 88 valence electrons. The maximum atomic E-state index is 5.53. The lowest BCUT2D eigenvalue weighted by Crippen LogP contribution is -2.36. The van der Waals surface area contributed by atoms with Crippen LogP contribution in [0.4, 0.5) is 5.69 Å². The van der Waals surface area contributed by atoms with Gasteiger partial charge in [-0.15, -0.1) is 0 Å². The number of hydrogen-bond donors (Lipinski definition) is 3. The molecule has 5 heteroatoms. The van der Waals surface area contributed by atoms with Crippen LogP contribution in [0.2, 0.25) is 0 Å². The summed E-state index contributed by atoms with van der Waals surface area (Å²) in [4.78, 5) is 3.91. The quantitative estimate of drug-likeness (QED) is 0.312. The minimum Gasteiger partial charge on any atom is -0.491 e. The van der Waals surface area contributed by atoms with E-state index in [1.54, 1.807) is 7.05 Å². The molecule has 0 saturated heterocycles. The van der Waals surface area contributed by atoms with E-state index in [0.717, 1.165) is 11.4 Å². The van der Waals surface area contributed by atoms with E-state index < -0.39 is 0 Å². The third-order valence-electron chi connectivity index (χ3n) is 1.85. The van der Waals surface area contributed by atoms with Crippen molar-refractivity contribution in [1.29, 1.82) is 0 Å². The second kappa shape index (κ2) is 5.97. The third kappa shape index (κ3) is 3.78. The molecule has 0 amide bonds. The Balaban J connectivity index is 2.64. The zero-order valence-electron chi connectivity index (χ0n) is 9.82. The molecule has 16 heavy (non-hydrogen) atoms. The Labute approximate surface area is 95.7 Å². The monoisotopic (exact) mass is 222 g/mol. The number of nitrogens with one attached hydrogen (secondary N) is 2. The number of aliphatic imine (C=N–C) groups is 1. The van der Waals surface area contributed by atoms with Gasteiger partial charge < -0.3 is 10.1 Å². The number of guanidine groups is 1. The average Bonchev–Trinajstić information content (AvgIpc) is 2.27. The summed E-state index contributed by atoms with van der Waals surface area (Å²) in [6.45, 7) is 3.98. The molecule has 4 N–H and O–H groups in total. The molecule has 0 aromatic heterocycles. The number of anilines is 1. The molecule has 1 aromatic rings. The van der Waals surface area contributed by atoms with Crippen LogP contribution in [-0.4, -0.2) is 19.1 Å². The van der Waals surface area contributed by atoms with Gasteiger partial charge in [0, 0.05) is 12.7 Å². The van der Waals surface area contributed by atoms with Crippen LogP contribution >= 0.6 is 0 Å². The van der Waals surface area contributed by atoms with Gasteiger partial charge in [-0.05, 0) is 38.1 Å². The van der Waals surface area contributed by atoms with Crippen molar-refractivity contribution in [3.8, 4) is 5.75 Å². The molecule has 0 bridgehead atoms. The van der Waals surface area contributed by atoms with E-state index in [9.17, 15) is 0 Å². The summed E-state index contributed by atoms with van der Waals surface area (Å²) in [5.41, 5.74) is 3.35. The molecule has 0 atom stereocenters. The Bertz CT molecular complexity index is 346. The van der Waals surface area contributed by atoms with E-state index in [-0.39, 0.29) is 6.10 Å². The predicted molar refractivity (Wildman–Crippen MR) is 66.5 cm³/mol. The molecular formula is C11H18N4O. The maximum Gasteiger partial charge on any atom is 0.209 e. The molecule has 0 fully saturated rings. The Hall–Kier alpha value is -1.75. The van der Waals surface area contributed by atoms with Gasteiger partial charge in [-0.25, -0.2) is 5.84 Å². The van der Waals surface area contributed by atoms with E-state index in [2.05, 4.69) is 15.7 Å². The lowest BCUT2D eigenvalue weighted by Gasteiger charge is -2.11. The van der Waals surface area contributed by atoms with Gasteiger partial charge in [0.25, 0.3) is 0 Å². The van der Waals surface area contributed by atoms with Crippen LogP contribution in [0.25, 0.3) is 0 Å². The van der Waals surface area contributed by atoms with Gasteiger partial charge in [0.15, 0.2) is 0 Å². The van der Waals surface area contributed by atoms with Crippen molar-refractivity contribution in [2.24, 2.45) is 10.8 Å². The second-order valence-electron chi connectivity index (χ2n) is 3.53. The molecule has 5 nitrogen and oxygen atoms in total. The zero-order valence-corrected chi connectivity index (χ0v) is 9.82. The van der Waals surface area contributed by atoms with Crippen LogP contribution in [0.1, 0.15) is 13.8 Å². The van der Waals surface area contributed by atoms with Gasteiger partial charge in [0.05, 0.1) is 6.10 Å². The molecule has 0 aliphatic carbocycles. The lowest BCUT2D eigenvalue weighted by molar-refractivity contribution is 0.242. The fourth-order valence-corrected chi connectivity index (χ4v) is 1.18. The first kappa shape index (κ1) is 12.3. The highest BCUT2D eigenvalue weighted by atomic mass is 16.5. The van der Waals surface area contributed by atoms with Crippen LogP contribution in [0.3, 0.4) is 0 Å². The number of nitrogens with zero attached hydrogens (tertiary/aromatic N) is 1. The molecular weight excluding hydrogens is 204 g/mol. The van der Waals surface area contributed by atoms with E-state index in [0.29, 0.717) is 5.96 Å². The second-order valence-corrected chi connectivity index (χ2v) is 3.53. The Kier molecular flexibility index (Phi) is 4.60. The van der Waals surface area contributed by atoms with Crippen LogP contribution in [0.15, 0.2) is 29.3 Å². The number of ether oxygens (including phenoxy) is 1. The third-order valence-corrected chi connectivity index (χ3v) is 1.85. The standard InChI is InChI=1S/C11H18N4O/c1-8(2)16-10-6-4-9(5-7-10)14-11(13-3)15-12/h4-8H,12H2,1-3H3,(H2,13,14,15). The summed E-state index contributed by atoms with van der Waals surface area (Å²) in [5.74, 6) is 6.61. The van der Waals surface area contributed by atoms with Crippen molar-refractivity contribution in [1.82, 2.24) is 5.43 Å². The SMILES string of the molecule is CN=C(NN)Nc1ccc(OC(C)C)cc1. The lowest BCUT2D eigenvalue weighted by atomic mass is 10.3. The molecule has 0 heterocycles. The number of hydrazine groups is 1. The highest BCUT2D eigenvalue weighted by molar-refractivity contribution is 5.93. The molecule has 0 saturated carbocycles. The fourth-order valence-electron chi connectivity index (χ4n) is 1.18. The highest BCUT2D eigenvalue weighted by Crippen LogP contribution is 2.16. The Morgan fingerprint density at radius 1 is 1.31 bits per heavy atom. The maximum absolute atomic E-state index is 5.53. The van der Waals surface area contributed by atoms with Crippen LogP contribution in [0, 0.1) is 0 Å².